The molecule has 0 heterocycles. The molecule has 1 aromatic carbocycles. The molecular weight excluding hydrogens is 300 g/mol. The predicted molar refractivity (Wildman–Crippen MR) is 81.3 cm³/mol. The summed E-state index contributed by atoms with van der Waals surface area (Å²) in [6, 6.07) is 3.58. The van der Waals surface area contributed by atoms with Gasteiger partial charge in [-0.05, 0) is 24.0 Å². The molecule has 0 aliphatic carbocycles. The third kappa shape index (κ3) is 3.85. The molecule has 0 amide bonds. The van der Waals surface area contributed by atoms with Gasteiger partial charge in [-0.15, -0.1) is 0 Å². The zero-order valence-electron chi connectivity index (χ0n) is 12.2. The second-order valence-corrected chi connectivity index (χ2v) is 6.99. The van der Waals surface area contributed by atoms with Gasteiger partial charge in [0.05, 0.1) is 5.02 Å². The molecule has 1 atom stereocenters. The lowest BCUT2D eigenvalue weighted by atomic mass is 9.96. The molecule has 5 nitrogen and oxygen atoms in total. The van der Waals surface area contributed by atoms with Crippen molar-refractivity contribution in [3.8, 4) is 5.75 Å². The normalized spacial score (nSPS) is 13.6. The summed E-state index contributed by atoms with van der Waals surface area (Å²) >= 11 is 6.16. The molecule has 1 unspecified atom stereocenters. The van der Waals surface area contributed by atoms with Crippen LogP contribution in [0.15, 0.2) is 12.1 Å². The van der Waals surface area contributed by atoms with Crippen molar-refractivity contribution in [3.05, 3.63) is 28.3 Å². The van der Waals surface area contributed by atoms with E-state index >= 15 is 0 Å². The smallest absolute Gasteiger partial charge is 0.369 e. The van der Waals surface area contributed by atoms with Crippen LogP contribution in [-0.4, -0.2) is 26.8 Å². The first-order valence-electron chi connectivity index (χ1n) is 6.37. The van der Waals surface area contributed by atoms with E-state index in [-0.39, 0.29) is 17.3 Å². The number of hydrogen-bond donors (Lipinski definition) is 1. The van der Waals surface area contributed by atoms with Crippen LogP contribution in [0.2, 0.25) is 5.02 Å². The summed E-state index contributed by atoms with van der Waals surface area (Å²) in [6.45, 7) is 4.30. The van der Waals surface area contributed by atoms with Crippen LogP contribution in [0.25, 0.3) is 0 Å². The minimum Gasteiger partial charge on any atom is -0.369 e. The van der Waals surface area contributed by atoms with Crippen molar-refractivity contribution in [1.82, 2.24) is 4.31 Å². The van der Waals surface area contributed by atoms with Crippen molar-refractivity contribution in [1.29, 1.82) is 0 Å². The number of nitrogens with zero attached hydrogens (tertiary/aromatic N) is 1. The second-order valence-electron chi connectivity index (χ2n) is 4.83. The van der Waals surface area contributed by atoms with Gasteiger partial charge in [-0.3, -0.25) is 0 Å². The number of nitrogens with two attached hydrogens (primary N) is 1. The Labute approximate surface area is 125 Å². The molecule has 7 heteroatoms. The summed E-state index contributed by atoms with van der Waals surface area (Å²) in [5.41, 5.74) is 7.28. The molecule has 0 aromatic heterocycles. The van der Waals surface area contributed by atoms with Crippen molar-refractivity contribution >= 4 is 21.9 Å². The van der Waals surface area contributed by atoms with E-state index in [1.54, 1.807) is 6.07 Å². The molecule has 0 radical (unpaired) electrons. The summed E-state index contributed by atoms with van der Waals surface area (Å²) in [7, 11) is -1.08. The molecule has 2 N–H and O–H groups in total. The number of halogens is 1. The quantitative estimate of drug-likeness (QED) is 0.874. The molecular formula is C13H21ClN2O3S. The maximum atomic E-state index is 11.8. The van der Waals surface area contributed by atoms with Crippen LogP contribution in [-0.2, 0) is 16.8 Å². The van der Waals surface area contributed by atoms with Crippen LogP contribution in [0.4, 0.5) is 0 Å². The Balaban J connectivity index is 3.28. The number of benzene rings is 1. The van der Waals surface area contributed by atoms with Gasteiger partial charge in [0.1, 0.15) is 0 Å². The third-order valence-electron chi connectivity index (χ3n) is 3.18. The number of rotatable bonds is 6. The molecule has 20 heavy (non-hydrogen) atoms. The van der Waals surface area contributed by atoms with Gasteiger partial charge in [0.25, 0.3) is 0 Å². The molecule has 0 bridgehead atoms. The lowest BCUT2D eigenvalue weighted by Crippen LogP contribution is -2.27. The second kappa shape index (κ2) is 6.76. The average Bonchev–Trinajstić information content (AvgIpc) is 2.39. The minimum absolute atomic E-state index is 0.106. The van der Waals surface area contributed by atoms with Crippen molar-refractivity contribution < 1.29 is 12.6 Å². The Morgan fingerprint density at radius 1 is 1.40 bits per heavy atom. The van der Waals surface area contributed by atoms with E-state index in [1.165, 1.54) is 14.1 Å². The van der Waals surface area contributed by atoms with Crippen molar-refractivity contribution in [2.45, 2.75) is 32.7 Å². The van der Waals surface area contributed by atoms with Gasteiger partial charge in [-0.2, -0.15) is 12.7 Å². The first-order valence-corrected chi connectivity index (χ1v) is 8.11. The molecule has 1 aromatic rings. The summed E-state index contributed by atoms with van der Waals surface area (Å²) < 4.78 is 29.6. The highest BCUT2D eigenvalue weighted by Crippen LogP contribution is 2.34. The molecule has 0 spiro atoms. The molecule has 0 fully saturated rings. The van der Waals surface area contributed by atoms with E-state index in [0.717, 1.165) is 16.3 Å². The Morgan fingerprint density at radius 2 is 2.00 bits per heavy atom. The molecule has 114 valence electrons. The highest BCUT2D eigenvalue weighted by atomic mass is 35.5. The third-order valence-corrected chi connectivity index (χ3v) is 4.73. The van der Waals surface area contributed by atoms with Crippen LogP contribution in [0.5, 0.6) is 5.75 Å². The zero-order chi connectivity index (χ0) is 15.5. The highest BCUT2D eigenvalue weighted by Gasteiger charge is 2.21. The van der Waals surface area contributed by atoms with Gasteiger partial charge in [0.2, 0.25) is 0 Å². The van der Waals surface area contributed by atoms with E-state index in [0.29, 0.717) is 11.5 Å². The molecule has 0 aliphatic rings. The van der Waals surface area contributed by atoms with E-state index in [2.05, 4.69) is 13.8 Å². The first kappa shape index (κ1) is 17.2. The van der Waals surface area contributed by atoms with E-state index < -0.39 is 10.3 Å². The average molecular weight is 321 g/mol. The minimum atomic E-state index is -3.85. The Bertz CT molecular complexity index is 573. The standard InChI is InChI=1S/C13H21ClN2O3S/c1-5-9(2)10-6-11(8-15)13(12(14)7-10)19-20(17,18)16(3)4/h6-7,9H,5,8,15H2,1-4H3. The Morgan fingerprint density at radius 3 is 2.45 bits per heavy atom. The van der Waals surface area contributed by atoms with E-state index in [1.807, 2.05) is 6.07 Å². The Kier molecular flexibility index (Phi) is 5.82. The van der Waals surface area contributed by atoms with Crippen LogP contribution in [0.3, 0.4) is 0 Å². The van der Waals surface area contributed by atoms with Crippen LogP contribution < -0.4 is 9.92 Å². The summed E-state index contributed by atoms with van der Waals surface area (Å²) in [5, 5.41) is 0.258. The fourth-order valence-electron chi connectivity index (χ4n) is 1.62. The maximum Gasteiger partial charge on any atom is 0.384 e. The first-order chi connectivity index (χ1) is 9.22. The lowest BCUT2D eigenvalue weighted by Gasteiger charge is -2.18. The topological polar surface area (TPSA) is 72.6 Å². The van der Waals surface area contributed by atoms with E-state index in [4.69, 9.17) is 21.5 Å². The van der Waals surface area contributed by atoms with Crippen LogP contribution >= 0.6 is 11.6 Å². The van der Waals surface area contributed by atoms with Crippen molar-refractivity contribution in [3.63, 3.8) is 0 Å². The van der Waals surface area contributed by atoms with Gasteiger partial charge in [-0.25, -0.2) is 0 Å². The largest absolute Gasteiger partial charge is 0.384 e. The fraction of sp³-hybridized carbons (Fsp3) is 0.538. The maximum absolute atomic E-state index is 11.8. The zero-order valence-corrected chi connectivity index (χ0v) is 13.8. The monoisotopic (exact) mass is 320 g/mol. The fourth-order valence-corrected chi connectivity index (χ4v) is 2.51. The van der Waals surface area contributed by atoms with Gasteiger partial charge >= 0.3 is 10.3 Å². The molecule has 1 rings (SSSR count). The Hall–Kier alpha value is -0.820. The van der Waals surface area contributed by atoms with Gasteiger partial charge in [-0.1, -0.05) is 31.5 Å². The SMILES string of the molecule is CCC(C)c1cc(Cl)c(OS(=O)(=O)N(C)C)c(CN)c1. The summed E-state index contributed by atoms with van der Waals surface area (Å²) in [6.07, 6.45) is 0.955. The van der Waals surface area contributed by atoms with Gasteiger partial charge < -0.3 is 9.92 Å². The van der Waals surface area contributed by atoms with E-state index in [9.17, 15) is 8.42 Å². The van der Waals surface area contributed by atoms with Crippen LogP contribution in [0, 0.1) is 0 Å². The summed E-state index contributed by atoms with van der Waals surface area (Å²) in [4.78, 5) is 0. The van der Waals surface area contributed by atoms with Crippen molar-refractivity contribution in [2.75, 3.05) is 14.1 Å². The molecule has 0 saturated carbocycles. The predicted octanol–water partition coefficient (Wildman–Crippen LogP) is 2.50. The summed E-state index contributed by atoms with van der Waals surface area (Å²) in [5.74, 6) is 0.423. The van der Waals surface area contributed by atoms with Gasteiger partial charge in [0, 0.05) is 26.2 Å². The van der Waals surface area contributed by atoms with Gasteiger partial charge in [0.15, 0.2) is 5.75 Å². The molecule has 0 saturated heterocycles. The van der Waals surface area contributed by atoms with Crippen LogP contribution in [0.1, 0.15) is 37.3 Å². The highest BCUT2D eigenvalue weighted by molar-refractivity contribution is 7.84. The molecule has 0 aliphatic heterocycles. The number of hydrogen-bond acceptors (Lipinski definition) is 4. The lowest BCUT2D eigenvalue weighted by molar-refractivity contribution is 0.419. The van der Waals surface area contributed by atoms with Crippen molar-refractivity contribution in [2.24, 2.45) is 5.73 Å².